The first-order valence-electron chi connectivity index (χ1n) is 5.52. The van der Waals surface area contributed by atoms with Crippen molar-refractivity contribution in [3.8, 4) is 11.8 Å². The molecule has 0 saturated heterocycles. The summed E-state index contributed by atoms with van der Waals surface area (Å²) in [5, 5.41) is 11.1. The van der Waals surface area contributed by atoms with Crippen LogP contribution in [0.4, 0.5) is 23.7 Å². The molecule has 108 valence electrons. The molecule has 20 heavy (non-hydrogen) atoms. The van der Waals surface area contributed by atoms with Gasteiger partial charge in [-0.15, -0.1) is 13.2 Å². The molecule has 0 fully saturated rings. The van der Waals surface area contributed by atoms with Crippen LogP contribution in [0.2, 0.25) is 0 Å². The van der Waals surface area contributed by atoms with Crippen LogP contribution in [0.3, 0.4) is 0 Å². The highest BCUT2D eigenvalue weighted by atomic mass is 19.4. The zero-order chi connectivity index (χ0) is 15.3. The Balaban J connectivity index is 2.67. The van der Waals surface area contributed by atoms with Crippen molar-refractivity contribution in [2.24, 2.45) is 0 Å². The number of carbonyl (C=O) groups excluding carboxylic acids is 1. The summed E-state index contributed by atoms with van der Waals surface area (Å²) in [6.07, 6.45) is -4.76. The third kappa shape index (κ3) is 4.68. The van der Waals surface area contributed by atoms with Crippen molar-refractivity contribution in [3.63, 3.8) is 0 Å². The van der Waals surface area contributed by atoms with E-state index in [1.54, 1.807) is 6.92 Å². The van der Waals surface area contributed by atoms with Crippen LogP contribution in [0.5, 0.6) is 5.75 Å². The van der Waals surface area contributed by atoms with Gasteiger partial charge in [0.05, 0.1) is 6.07 Å². The van der Waals surface area contributed by atoms with Crippen LogP contribution in [0.1, 0.15) is 6.92 Å². The van der Waals surface area contributed by atoms with Gasteiger partial charge in [0.25, 0.3) is 0 Å². The van der Waals surface area contributed by atoms with Crippen LogP contribution >= 0.6 is 0 Å². The number of nitrogens with zero attached hydrogens (tertiary/aromatic N) is 2. The first kappa shape index (κ1) is 15.6. The van der Waals surface area contributed by atoms with Crippen LogP contribution in [-0.4, -0.2) is 30.4 Å². The Hall–Kier alpha value is -2.43. The van der Waals surface area contributed by atoms with Gasteiger partial charge in [0.2, 0.25) is 0 Å². The fourth-order valence-electron chi connectivity index (χ4n) is 1.21. The topological polar surface area (TPSA) is 65.4 Å². The zero-order valence-electron chi connectivity index (χ0n) is 10.7. The summed E-state index contributed by atoms with van der Waals surface area (Å²) in [5.41, 5.74) is 0.293. The predicted octanol–water partition coefficient (Wildman–Crippen LogP) is 2.96. The first-order chi connectivity index (χ1) is 9.23. The number of ether oxygens (including phenoxy) is 1. The van der Waals surface area contributed by atoms with Gasteiger partial charge >= 0.3 is 12.4 Å². The predicted molar refractivity (Wildman–Crippen MR) is 65.0 cm³/mol. The summed E-state index contributed by atoms with van der Waals surface area (Å²) in [5.74, 6) is -0.380. The Morgan fingerprint density at radius 1 is 1.40 bits per heavy atom. The minimum atomic E-state index is -4.76. The van der Waals surface area contributed by atoms with E-state index in [0.29, 0.717) is 5.69 Å². The molecule has 1 unspecified atom stereocenters. The van der Waals surface area contributed by atoms with E-state index >= 15 is 0 Å². The second kappa shape index (κ2) is 6.14. The lowest BCUT2D eigenvalue weighted by Gasteiger charge is -2.20. The third-order valence-electron chi connectivity index (χ3n) is 2.43. The molecule has 1 aromatic carbocycles. The maximum Gasteiger partial charge on any atom is 0.573 e. The molecule has 8 heteroatoms. The molecule has 1 N–H and O–H groups in total. The van der Waals surface area contributed by atoms with Crippen molar-refractivity contribution in [1.29, 1.82) is 5.26 Å². The number of anilines is 1. The molecule has 0 bridgehead atoms. The van der Waals surface area contributed by atoms with Crippen molar-refractivity contribution >= 4 is 11.7 Å². The molecule has 0 aliphatic rings. The second-order valence-corrected chi connectivity index (χ2v) is 3.92. The fourth-order valence-corrected chi connectivity index (χ4v) is 1.21. The van der Waals surface area contributed by atoms with Gasteiger partial charge < -0.3 is 15.0 Å². The van der Waals surface area contributed by atoms with Crippen molar-refractivity contribution in [2.75, 3.05) is 12.4 Å². The quantitative estimate of drug-likeness (QED) is 0.929. The fraction of sp³-hybridized carbons (Fsp3) is 0.333. The normalized spacial score (nSPS) is 12.2. The van der Waals surface area contributed by atoms with E-state index in [2.05, 4.69) is 10.1 Å². The molecule has 0 radical (unpaired) electrons. The molecule has 1 atom stereocenters. The van der Waals surface area contributed by atoms with E-state index in [4.69, 9.17) is 5.26 Å². The van der Waals surface area contributed by atoms with Crippen LogP contribution in [0, 0.1) is 11.3 Å². The number of nitrogens with one attached hydrogen (secondary N) is 1. The van der Waals surface area contributed by atoms with E-state index in [1.807, 2.05) is 6.07 Å². The minimum absolute atomic E-state index is 0.293. The largest absolute Gasteiger partial charge is 0.573 e. The van der Waals surface area contributed by atoms with E-state index in [1.165, 1.54) is 24.1 Å². The number of alkyl halides is 3. The van der Waals surface area contributed by atoms with E-state index in [-0.39, 0.29) is 5.75 Å². The van der Waals surface area contributed by atoms with Gasteiger partial charge in [0, 0.05) is 12.7 Å². The van der Waals surface area contributed by atoms with Gasteiger partial charge in [-0.1, -0.05) is 0 Å². The van der Waals surface area contributed by atoms with Crippen LogP contribution in [0.25, 0.3) is 0 Å². The average molecular weight is 287 g/mol. The molecular formula is C12H12F3N3O2. The molecule has 1 rings (SSSR count). The number of hydrogen-bond acceptors (Lipinski definition) is 3. The molecule has 0 aromatic heterocycles. The van der Waals surface area contributed by atoms with Gasteiger partial charge in [-0.05, 0) is 31.2 Å². The molecule has 2 amide bonds. The highest BCUT2D eigenvalue weighted by molar-refractivity contribution is 5.89. The Labute approximate surface area is 113 Å². The van der Waals surface area contributed by atoms with Crippen molar-refractivity contribution in [2.45, 2.75) is 19.3 Å². The number of urea groups is 1. The van der Waals surface area contributed by atoms with Gasteiger partial charge in [-0.2, -0.15) is 5.26 Å². The average Bonchev–Trinajstić information content (AvgIpc) is 2.37. The molecule has 0 heterocycles. The van der Waals surface area contributed by atoms with Crippen LogP contribution < -0.4 is 10.1 Å². The Morgan fingerprint density at radius 3 is 2.40 bits per heavy atom. The Morgan fingerprint density at radius 2 is 1.95 bits per heavy atom. The number of halogens is 3. The van der Waals surface area contributed by atoms with Gasteiger partial charge in [0.15, 0.2) is 0 Å². The van der Waals surface area contributed by atoms with Crippen molar-refractivity contribution < 1.29 is 22.7 Å². The summed E-state index contributed by atoms with van der Waals surface area (Å²) < 4.78 is 39.6. The molecule has 0 aliphatic carbocycles. The maximum atomic E-state index is 12.0. The number of rotatable bonds is 3. The summed E-state index contributed by atoms with van der Waals surface area (Å²) in [4.78, 5) is 12.8. The molecule has 0 aliphatic heterocycles. The minimum Gasteiger partial charge on any atom is -0.406 e. The summed E-state index contributed by atoms with van der Waals surface area (Å²) in [6, 6.07) is 5.42. The highest BCUT2D eigenvalue weighted by Gasteiger charge is 2.31. The van der Waals surface area contributed by atoms with E-state index < -0.39 is 18.4 Å². The van der Waals surface area contributed by atoms with Crippen LogP contribution in [-0.2, 0) is 0 Å². The molecular weight excluding hydrogens is 275 g/mol. The number of hydrogen-bond donors (Lipinski definition) is 1. The van der Waals surface area contributed by atoms with Crippen molar-refractivity contribution in [3.05, 3.63) is 24.3 Å². The summed E-state index contributed by atoms with van der Waals surface area (Å²) in [7, 11) is 1.43. The monoisotopic (exact) mass is 287 g/mol. The smallest absolute Gasteiger partial charge is 0.406 e. The highest BCUT2D eigenvalue weighted by Crippen LogP contribution is 2.24. The Kier molecular flexibility index (Phi) is 4.80. The second-order valence-electron chi connectivity index (χ2n) is 3.92. The lowest BCUT2D eigenvalue weighted by Crippen LogP contribution is -2.37. The maximum absolute atomic E-state index is 12.0. The standard InChI is InChI=1S/C12H12F3N3O2/c1-8(7-16)18(2)11(19)17-9-3-5-10(6-4-9)20-12(13,14)15/h3-6,8H,1-2H3,(H,17,19). The SMILES string of the molecule is CC(C#N)N(C)C(=O)Nc1ccc(OC(F)(F)F)cc1. The number of nitriles is 1. The van der Waals surface area contributed by atoms with E-state index in [0.717, 1.165) is 12.1 Å². The number of benzene rings is 1. The lowest BCUT2D eigenvalue weighted by atomic mass is 10.3. The van der Waals surface area contributed by atoms with Crippen LogP contribution in [0.15, 0.2) is 24.3 Å². The zero-order valence-corrected chi connectivity index (χ0v) is 10.7. The van der Waals surface area contributed by atoms with Gasteiger partial charge in [0.1, 0.15) is 11.8 Å². The van der Waals surface area contributed by atoms with Gasteiger partial charge in [-0.3, -0.25) is 0 Å². The summed E-state index contributed by atoms with van der Waals surface area (Å²) >= 11 is 0. The molecule has 0 saturated carbocycles. The molecule has 1 aromatic rings. The number of carbonyl (C=O) groups is 1. The third-order valence-corrected chi connectivity index (χ3v) is 2.43. The van der Waals surface area contributed by atoms with E-state index in [9.17, 15) is 18.0 Å². The lowest BCUT2D eigenvalue weighted by molar-refractivity contribution is -0.274. The number of amides is 2. The van der Waals surface area contributed by atoms with Gasteiger partial charge in [-0.25, -0.2) is 4.79 Å². The molecule has 0 spiro atoms. The Bertz CT molecular complexity index is 508. The summed E-state index contributed by atoms with van der Waals surface area (Å²) in [6.45, 7) is 1.54. The van der Waals surface area contributed by atoms with Crippen molar-refractivity contribution in [1.82, 2.24) is 4.90 Å². The first-order valence-corrected chi connectivity index (χ1v) is 5.52. The molecule has 5 nitrogen and oxygen atoms in total.